The lowest BCUT2D eigenvalue weighted by Crippen LogP contribution is -2.50. The van der Waals surface area contributed by atoms with E-state index in [2.05, 4.69) is 4.98 Å². The molecule has 2 amide bonds. The van der Waals surface area contributed by atoms with Crippen LogP contribution in [0.25, 0.3) is 22.6 Å². The molecule has 3 aromatic rings. The topological polar surface area (TPSA) is 108 Å². The Morgan fingerprint density at radius 1 is 1.25 bits per heavy atom. The number of hydrogen-bond acceptors (Lipinski definition) is 6. The van der Waals surface area contributed by atoms with Gasteiger partial charge in [0.1, 0.15) is 11.3 Å². The Hall–Kier alpha value is -3.39. The number of oxazole rings is 1. The van der Waals surface area contributed by atoms with Gasteiger partial charge < -0.3 is 24.5 Å². The SMILES string of the molecule is COc1cccc(-c2nc3ccc(C(=O)N4CCO[C@H](C(N)=O)C4)cc3o2)c1. The lowest BCUT2D eigenvalue weighted by Gasteiger charge is -2.31. The van der Waals surface area contributed by atoms with E-state index in [1.54, 1.807) is 30.2 Å². The van der Waals surface area contributed by atoms with Gasteiger partial charge in [-0.1, -0.05) is 6.07 Å². The van der Waals surface area contributed by atoms with E-state index in [-0.39, 0.29) is 19.1 Å². The van der Waals surface area contributed by atoms with Gasteiger partial charge in [-0.2, -0.15) is 0 Å². The Balaban J connectivity index is 1.61. The molecular weight excluding hydrogens is 362 g/mol. The average molecular weight is 381 g/mol. The number of carbonyl (C=O) groups excluding carboxylic acids is 2. The highest BCUT2D eigenvalue weighted by molar-refractivity contribution is 5.97. The highest BCUT2D eigenvalue weighted by Gasteiger charge is 2.28. The monoisotopic (exact) mass is 381 g/mol. The first-order valence-corrected chi connectivity index (χ1v) is 8.80. The summed E-state index contributed by atoms with van der Waals surface area (Å²) in [6.45, 7) is 0.799. The summed E-state index contributed by atoms with van der Waals surface area (Å²) in [4.78, 5) is 30.2. The summed E-state index contributed by atoms with van der Waals surface area (Å²) in [5, 5.41) is 0. The van der Waals surface area contributed by atoms with Crippen LogP contribution in [0.5, 0.6) is 5.75 Å². The molecule has 1 aliphatic heterocycles. The smallest absolute Gasteiger partial charge is 0.254 e. The maximum absolute atomic E-state index is 12.8. The first kappa shape index (κ1) is 18.0. The molecule has 2 aromatic carbocycles. The molecule has 0 bridgehead atoms. The minimum Gasteiger partial charge on any atom is -0.497 e. The molecule has 8 heteroatoms. The quantitative estimate of drug-likeness (QED) is 0.739. The van der Waals surface area contributed by atoms with Crippen LogP contribution < -0.4 is 10.5 Å². The lowest BCUT2D eigenvalue weighted by molar-refractivity contribution is -0.133. The molecule has 1 fully saturated rings. The molecule has 2 N–H and O–H groups in total. The minimum absolute atomic E-state index is 0.137. The molecule has 1 aromatic heterocycles. The van der Waals surface area contributed by atoms with Gasteiger partial charge in [-0.05, 0) is 36.4 Å². The molecule has 1 atom stereocenters. The molecule has 0 unspecified atom stereocenters. The fourth-order valence-corrected chi connectivity index (χ4v) is 3.13. The summed E-state index contributed by atoms with van der Waals surface area (Å²) in [5.74, 6) is 0.354. The van der Waals surface area contributed by atoms with Gasteiger partial charge in [0, 0.05) is 17.7 Å². The van der Waals surface area contributed by atoms with Crippen molar-refractivity contribution in [3.63, 3.8) is 0 Å². The molecule has 8 nitrogen and oxygen atoms in total. The van der Waals surface area contributed by atoms with Gasteiger partial charge in [-0.25, -0.2) is 4.98 Å². The molecule has 144 valence electrons. The zero-order chi connectivity index (χ0) is 19.7. The van der Waals surface area contributed by atoms with Crippen LogP contribution in [0, 0.1) is 0 Å². The fourth-order valence-electron chi connectivity index (χ4n) is 3.13. The number of primary amides is 1. The predicted octanol–water partition coefficient (Wildman–Crippen LogP) is 1.83. The molecule has 2 heterocycles. The standard InChI is InChI=1S/C20H19N3O5/c1-26-14-4-2-3-12(9-14)19-22-15-6-5-13(10-16(15)28-19)20(25)23-7-8-27-17(11-23)18(21)24/h2-6,9-10,17H,7-8,11H2,1H3,(H2,21,24)/t17-/m0/s1. The summed E-state index contributed by atoms with van der Waals surface area (Å²) in [5.41, 5.74) is 7.66. The van der Waals surface area contributed by atoms with Crippen LogP contribution in [0.4, 0.5) is 0 Å². The van der Waals surface area contributed by atoms with Gasteiger partial charge in [0.25, 0.3) is 5.91 Å². The van der Waals surface area contributed by atoms with Crippen LogP contribution >= 0.6 is 0 Å². The third kappa shape index (κ3) is 3.41. The molecule has 0 aliphatic carbocycles. The maximum atomic E-state index is 12.8. The van der Waals surface area contributed by atoms with E-state index in [0.717, 1.165) is 5.56 Å². The Morgan fingerprint density at radius 3 is 2.89 bits per heavy atom. The van der Waals surface area contributed by atoms with Crippen LogP contribution in [0.1, 0.15) is 10.4 Å². The van der Waals surface area contributed by atoms with Gasteiger partial charge in [0.15, 0.2) is 11.7 Å². The van der Waals surface area contributed by atoms with Gasteiger partial charge >= 0.3 is 0 Å². The summed E-state index contributed by atoms with van der Waals surface area (Å²) >= 11 is 0. The second-order valence-corrected chi connectivity index (χ2v) is 6.45. The van der Waals surface area contributed by atoms with Crippen molar-refractivity contribution >= 4 is 22.9 Å². The molecule has 0 radical (unpaired) electrons. The molecule has 1 aliphatic rings. The van der Waals surface area contributed by atoms with E-state index in [4.69, 9.17) is 19.6 Å². The van der Waals surface area contributed by atoms with Crippen molar-refractivity contribution in [2.24, 2.45) is 5.73 Å². The van der Waals surface area contributed by atoms with Gasteiger partial charge in [0.05, 0.1) is 20.3 Å². The van der Waals surface area contributed by atoms with Crippen LogP contribution in [0.15, 0.2) is 46.9 Å². The van der Waals surface area contributed by atoms with Gasteiger partial charge in [0.2, 0.25) is 11.8 Å². The van der Waals surface area contributed by atoms with E-state index in [0.29, 0.717) is 34.8 Å². The zero-order valence-electron chi connectivity index (χ0n) is 15.3. The number of fused-ring (bicyclic) bond motifs is 1. The van der Waals surface area contributed by atoms with Crippen LogP contribution in [0.2, 0.25) is 0 Å². The number of ether oxygens (including phenoxy) is 2. The maximum Gasteiger partial charge on any atom is 0.254 e. The normalized spacial score (nSPS) is 16.9. The molecule has 28 heavy (non-hydrogen) atoms. The second-order valence-electron chi connectivity index (χ2n) is 6.45. The zero-order valence-corrected chi connectivity index (χ0v) is 15.3. The van der Waals surface area contributed by atoms with Crippen molar-refractivity contribution in [2.75, 3.05) is 26.8 Å². The number of benzene rings is 2. The van der Waals surface area contributed by atoms with E-state index in [9.17, 15) is 9.59 Å². The van der Waals surface area contributed by atoms with Crippen LogP contribution in [-0.2, 0) is 9.53 Å². The highest BCUT2D eigenvalue weighted by Crippen LogP contribution is 2.27. The van der Waals surface area contributed by atoms with Crippen LogP contribution in [-0.4, -0.2) is 54.6 Å². The summed E-state index contributed by atoms with van der Waals surface area (Å²) < 4.78 is 16.4. The van der Waals surface area contributed by atoms with E-state index in [1.165, 1.54) is 0 Å². The Labute approximate surface area is 160 Å². The molecule has 0 spiro atoms. The number of nitrogens with two attached hydrogens (primary N) is 1. The summed E-state index contributed by atoms with van der Waals surface area (Å²) in [6, 6.07) is 12.5. The number of nitrogens with zero attached hydrogens (tertiary/aromatic N) is 2. The number of aromatic nitrogens is 1. The third-order valence-corrected chi connectivity index (χ3v) is 4.62. The minimum atomic E-state index is -0.786. The number of rotatable bonds is 4. The molecule has 0 saturated carbocycles. The highest BCUT2D eigenvalue weighted by atomic mass is 16.5. The number of morpholine rings is 1. The van der Waals surface area contributed by atoms with Gasteiger partial charge in [-0.15, -0.1) is 0 Å². The summed E-state index contributed by atoms with van der Waals surface area (Å²) in [7, 11) is 1.59. The van der Waals surface area contributed by atoms with Crippen molar-refractivity contribution in [1.82, 2.24) is 9.88 Å². The van der Waals surface area contributed by atoms with E-state index >= 15 is 0 Å². The lowest BCUT2D eigenvalue weighted by atomic mass is 10.1. The number of carbonyl (C=O) groups is 2. The number of methoxy groups -OCH3 is 1. The average Bonchev–Trinajstić information content (AvgIpc) is 3.16. The largest absolute Gasteiger partial charge is 0.497 e. The van der Waals surface area contributed by atoms with E-state index < -0.39 is 12.0 Å². The number of hydrogen-bond donors (Lipinski definition) is 1. The van der Waals surface area contributed by atoms with Crippen molar-refractivity contribution in [3.05, 3.63) is 48.0 Å². The van der Waals surface area contributed by atoms with Crippen molar-refractivity contribution in [2.45, 2.75) is 6.10 Å². The summed E-state index contributed by atoms with van der Waals surface area (Å²) in [6.07, 6.45) is -0.786. The van der Waals surface area contributed by atoms with Crippen molar-refractivity contribution in [3.8, 4) is 17.2 Å². The first-order valence-electron chi connectivity index (χ1n) is 8.80. The van der Waals surface area contributed by atoms with Gasteiger partial charge in [-0.3, -0.25) is 9.59 Å². The Bertz CT molecular complexity index is 1050. The molecule has 4 rings (SSSR count). The first-order chi connectivity index (χ1) is 13.5. The second kappa shape index (κ2) is 7.32. The Kier molecular flexibility index (Phi) is 4.70. The van der Waals surface area contributed by atoms with Crippen molar-refractivity contribution < 1.29 is 23.5 Å². The molecule has 1 saturated heterocycles. The fraction of sp³-hybridized carbons (Fsp3) is 0.250. The van der Waals surface area contributed by atoms with Crippen molar-refractivity contribution in [1.29, 1.82) is 0 Å². The van der Waals surface area contributed by atoms with E-state index in [1.807, 2.05) is 24.3 Å². The predicted molar refractivity (Wildman–Crippen MR) is 101 cm³/mol. The Morgan fingerprint density at radius 2 is 2.11 bits per heavy atom. The molecular formula is C20H19N3O5. The van der Waals surface area contributed by atoms with Crippen LogP contribution in [0.3, 0.4) is 0 Å². The third-order valence-electron chi connectivity index (χ3n) is 4.62. The number of amides is 2.